The maximum absolute atomic E-state index is 11.7. The summed E-state index contributed by atoms with van der Waals surface area (Å²) in [5.74, 6) is 0.254. The molecule has 1 saturated heterocycles. The fourth-order valence-corrected chi connectivity index (χ4v) is 2.96. The lowest BCUT2D eigenvalue weighted by Gasteiger charge is -2.23. The van der Waals surface area contributed by atoms with Gasteiger partial charge in [-0.15, -0.1) is 11.3 Å². The number of rotatable bonds is 5. The number of hydrogen-bond donors (Lipinski definition) is 0. The molecule has 1 aliphatic heterocycles. The molecule has 1 fully saturated rings. The Labute approximate surface area is 105 Å². The van der Waals surface area contributed by atoms with Crippen molar-refractivity contribution in [3.63, 3.8) is 0 Å². The summed E-state index contributed by atoms with van der Waals surface area (Å²) < 4.78 is 0. The molecular formula is C12H16N2O2S. The molecule has 0 radical (unpaired) electrons. The monoisotopic (exact) mass is 252 g/mol. The Morgan fingerprint density at radius 3 is 3.12 bits per heavy atom. The molecule has 4 nitrogen and oxygen atoms in total. The number of hydrogen-bond acceptors (Lipinski definition) is 4. The molecule has 0 unspecified atom stereocenters. The number of carbonyl (C=O) groups excluding carboxylic acids is 2. The van der Waals surface area contributed by atoms with Gasteiger partial charge in [-0.2, -0.15) is 0 Å². The first-order chi connectivity index (χ1) is 8.24. The van der Waals surface area contributed by atoms with Crippen LogP contribution >= 0.6 is 11.3 Å². The summed E-state index contributed by atoms with van der Waals surface area (Å²) in [5, 5.41) is 0.932. The summed E-state index contributed by atoms with van der Waals surface area (Å²) in [6.45, 7) is 2.84. The van der Waals surface area contributed by atoms with E-state index in [0.29, 0.717) is 17.3 Å². The van der Waals surface area contributed by atoms with Crippen LogP contribution in [-0.2, 0) is 11.2 Å². The Morgan fingerprint density at radius 2 is 2.47 bits per heavy atom. The van der Waals surface area contributed by atoms with Crippen molar-refractivity contribution in [3.8, 4) is 0 Å². The van der Waals surface area contributed by atoms with Crippen molar-refractivity contribution in [2.45, 2.75) is 38.6 Å². The van der Waals surface area contributed by atoms with Gasteiger partial charge in [0.2, 0.25) is 5.91 Å². The van der Waals surface area contributed by atoms with Crippen molar-refractivity contribution in [1.82, 2.24) is 9.88 Å². The Bertz CT molecular complexity index is 416. The molecule has 1 aromatic heterocycles. The predicted molar refractivity (Wildman–Crippen MR) is 66.2 cm³/mol. The van der Waals surface area contributed by atoms with Crippen LogP contribution in [0.15, 0.2) is 6.20 Å². The molecule has 92 valence electrons. The van der Waals surface area contributed by atoms with E-state index in [1.54, 1.807) is 6.20 Å². The summed E-state index contributed by atoms with van der Waals surface area (Å²) >= 11 is 1.41. The quantitative estimate of drug-likeness (QED) is 0.752. The maximum atomic E-state index is 11.7. The highest BCUT2D eigenvalue weighted by Gasteiger charge is 2.28. The SMILES string of the molecule is CC[C@H]1CCC(=O)N1CCc1ncc(C=O)s1. The van der Waals surface area contributed by atoms with E-state index in [-0.39, 0.29) is 5.91 Å². The highest BCUT2D eigenvalue weighted by molar-refractivity contribution is 7.13. The molecule has 2 heterocycles. The second-order valence-corrected chi connectivity index (χ2v) is 5.36. The van der Waals surface area contributed by atoms with Gasteiger partial charge >= 0.3 is 0 Å². The Hall–Kier alpha value is -1.23. The predicted octanol–water partition coefficient (Wildman–Crippen LogP) is 1.90. The minimum absolute atomic E-state index is 0.254. The van der Waals surface area contributed by atoms with Crippen LogP contribution in [0.5, 0.6) is 0 Å². The number of aldehydes is 1. The van der Waals surface area contributed by atoms with Crippen LogP contribution in [0.4, 0.5) is 0 Å². The third-order valence-electron chi connectivity index (χ3n) is 3.18. The Kier molecular flexibility index (Phi) is 3.89. The first-order valence-corrected chi connectivity index (χ1v) is 6.75. The summed E-state index contributed by atoms with van der Waals surface area (Å²) in [5.41, 5.74) is 0. The van der Waals surface area contributed by atoms with Gasteiger partial charge in [0.05, 0.1) is 9.88 Å². The normalized spacial score (nSPS) is 19.9. The minimum Gasteiger partial charge on any atom is -0.339 e. The van der Waals surface area contributed by atoms with E-state index in [0.717, 1.165) is 37.1 Å². The molecule has 5 heteroatoms. The highest BCUT2D eigenvalue weighted by atomic mass is 32.1. The number of likely N-dealkylation sites (tertiary alicyclic amines) is 1. The van der Waals surface area contributed by atoms with Crippen molar-refractivity contribution in [2.75, 3.05) is 6.54 Å². The molecule has 1 aromatic rings. The lowest BCUT2D eigenvalue weighted by atomic mass is 10.2. The van der Waals surface area contributed by atoms with Gasteiger partial charge in [-0.1, -0.05) is 6.92 Å². The minimum atomic E-state index is 0.254. The lowest BCUT2D eigenvalue weighted by molar-refractivity contribution is -0.128. The molecule has 0 spiro atoms. The van der Waals surface area contributed by atoms with Gasteiger partial charge in [-0.05, 0) is 12.8 Å². The van der Waals surface area contributed by atoms with E-state index in [2.05, 4.69) is 11.9 Å². The molecule has 2 rings (SSSR count). The molecule has 0 aromatic carbocycles. The molecule has 0 saturated carbocycles. The van der Waals surface area contributed by atoms with Gasteiger partial charge in [0.15, 0.2) is 6.29 Å². The van der Waals surface area contributed by atoms with Gasteiger partial charge in [0.1, 0.15) is 0 Å². The number of nitrogens with zero attached hydrogens (tertiary/aromatic N) is 2. The van der Waals surface area contributed by atoms with Crippen LogP contribution < -0.4 is 0 Å². The van der Waals surface area contributed by atoms with Crippen molar-refractivity contribution < 1.29 is 9.59 Å². The second-order valence-electron chi connectivity index (χ2n) is 4.21. The van der Waals surface area contributed by atoms with Crippen molar-refractivity contribution in [2.24, 2.45) is 0 Å². The third kappa shape index (κ3) is 2.72. The van der Waals surface area contributed by atoms with Crippen molar-refractivity contribution >= 4 is 23.5 Å². The maximum Gasteiger partial charge on any atom is 0.222 e. The first-order valence-electron chi connectivity index (χ1n) is 5.94. The van der Waals surface area contributed by atoms with Crippen molar-refractivity contribution in [3.05, 3.63) is 16.1 Å². The summed E-state index contributed by atoms with van der Waals surface area (Å²) in [4.78, 5) is 29.0. The smallest absolute Gasteiger partial charge is 0.222 e. The highest BCUT2D eigenvalue weighted by Crippen LogP contribution is 2.22. The van der Waals surface area contributed by atoms with Gasteiger partial charge in [-0.3, -0.25) is 9.59 Å². The average molecular weight is 252 g/mol. The molecule has 0 N–H and O–H groups in total. The molecule has 0 bridgehead atoms. The molecular weight excluding hydrogens is 236 g/mol. The topological polar surface area (TPSA) is 50.3 Å². The second kappa shape index (κ2) is 5.40. The molecule has 17 heavy (non-hydrogen) atoms. The fourth-order valence-electron chi connectivity index (χ4n) is 2.24. The van der Waals surface area contributed by atoms with Gasteiger partial charge in [-0.25, -0.2) is 4.98 Å². The summed E-state index contributed by atoms with van der Waals surface area (Å²) in [7, 11) is 0. The molecule has 1 aliphatic rings. The average Bonchev–Trinajstić information content (AvgIpc) is 2.93. The van der Waals surface area contributed by atoms with E-state index >= 15 is 0 Å². The van der Waals surface area contributed by atoms with E-state index < -0.39 is 0 Å². The van der Waals surface area contributed by atoms with Crippen LogP contribution in [0.3, 0.4) is 0 Å². The fraction of sp³-hybridized carbons (Fsp3) is 0.583. The number of amides is 1. The lowest BCUT2D eigenvalue weighted by Crippen LogP contribution is -2.34. The van der Waals surface area contributed by atoms with Gasteiger partial charge in [0, 0.05) is 31.6 Å². The molecule has 0 aliphatic carbocycles. The van der Waals surface area contributed by atoms with E-state index in [9.17, 15) is 9.59 Å². The standard InChI is InChI=1S/C12H16N2O2S/c1-2-9-3-4-12(16)14(9)6-5-11-13-7-10(8-15)17-11/h7-9H,2-6H2,1H3/t9-/m0/s1. The van der Waals surface area contributed by atoms with E-state index in [4.69, 9.17) is 0 Å². The zero-order valence-electron chi connectivity index (χ0n) is 9.89. The van der Waals surface area contributed by atoms with Gasteiger partial charge < -0.3 is 4.90 Å². The zero-order valence-corrected chi connectivity index (χ0v) is 10.7. The Balaban J connectivity index is 1.92. The molecule has 1 atom stereocenters. The first kappa shape index (κ1) is 12.2. The van der Waals surface area contributed by atoms with Crippen LogP contribution in [-0.4, -0.2) is 34.7 Å². The number of aromatic nitrogens is 1. The summed E-state index contributed by atoms with van der Waals surface area (Å²) in [6, 6.07) is 0.396. The van der Waals surface area contributed by atoms with Crippen LogP contribution in [0.25, 0.3) is 0 Å². The number of thiazole rings is 1. The van der Waals surface area contributed by atoms with Crippen LogP contribution in [0, 0.1) is 0 Å². The third-order valence-corrected chi connectivity index (χ3v) is 4.16. The number of carbonyl (C=O) groups is 2. The van der Waals surface area contributed by atoms with Crippen LogP contribution in [0.2, 0.25) is 0 Å². The molecule has 1 amide bonds. The zero-order chi connectivity index (χ0) is 12.3. The Morgan fingerprint density at radius 1 is 1.65 bits per heavy atom. The van der Waals surface area contributed by atoms with Crippen LogP contribution in [0.1, 0.15) is 40.9 Å². The largest absolute Gasteiger partial charge is 0.339 e. The summed E-state index contributed by atoms with van der Waals surface area (Å²) in [6.07, 6.45) is 5.83. The van der Waals surface area contributed by atoms with E-state index in [1.165, 1.54) is 11.3 Å². The van der Waals surface area contributed by atoms with Crippen molar-refractivity contribution in [1.29, 1.82) is 0 Å². The van der Waals surface area contributed by atoms with E-state index in [1.807, 2.05) is 4.90 Å². The van der Waals surface area contributed by atoms with Gasteiger partial charge in [0.25, 0.3) is 0 Å².